The number of rotatable bonds is 4. The van der Waals surface area contributed by atoms with Gasteiger partial charge in [0.05, 0.1) is 30.1 Å². The van der Waals surface area contributed by atoms with Crippen LogP contribution in [0.3, 0.4) is 0 Å². The predicted molar refractivity (Wildman–Crippen MR) is 112 cm³/mol. The van der Waals surface area contributed by atoms with E-state index < -0.39 is 12.0 Å². The maximum atomic E-state index is 13.2. The van der Waals surface area contributed by atoms with Gasteiger partial charge in [0.15, 0.2) is 0 Å². The minimum Gasteiger partial charge on any atom is -0.497 e. The number of piperidine rings is 1. The lowest BCUT2D eigenvalue weighted by Gasteiger charge is -2.30. The Morgan fingerprint density at radius 2 is 1.83 bits per heavy atom. The van der Waals surface area contributed by atoms with Crippen LogP contribution in [0.2, 0.25) is 0 Å². The summed E-state index contributed by atoms with van der Waals surface area (Å²) in [6, 6.07) is 12.4. The van der Waals surface area contributed by atoms with Gasteiger partial charge in [-0.3, -0.25) is 24.0 Å². The van der Waals surface area contributed by atoms with Crippen molar-refractivity contribution in [1.29, 1.82) is 0 Å². The van der Waals surface area contributed by atoms with Crippen molar-refractivity contribution in [3.63, 3.8) is 0 Å². The molecular formula is C21H20BrN3O4. The zero-order valence-electron chi connectivity index (χ0n) is 16.0. The standard InChI is InChI=1S/C21H20BrN3O4/c1-24-17-11-13(22)5-9-16(17)25(21(24)28)19(12-3-6-14(29-2)7-4-12)15-8-10-18(26)23-20(15)27/h3-7,9,11,15,19H,8,10H2,1-2H3,(H,23,26,27). The van der Waals surface area contributed by atoms with Crippen LogP contribution >= 0.6 is 15.9 Å². The fraction of sp³-hybridized carbons (Fsp3) is 0.286. The van der Waals surface area contributed by atoms with Crippen molar-refractivity contribution in [1.82, 2.24) is 14.5 Å². The second-order valence-electron chi connectivity index (χ2n) is 7.12. The fourth-order valence-corrected chi connectivity index (χ4v) is 4.33. The SMILES string of the molecule is COc1ccc(C(C2CCC(=O)NC2=O)n2c(=O)n(C)c3cc(Br)ccc32)cc1. The van der Waals surface area contributed by atoms with E-state index in [4.69, 9.17) is 4.74 Å². The quantitative estimate of drug-likeness (QED) is 0.610. The maximum Gasteiger partial charge on any atom is 0.329 e. The Kier molecular flexibility index (Phi) is 5.04. The van der Waals surface area contributed by atoms with E-state index in [1.165, 1.54) is 0 Å². The molecule has 1 aliphatic heterocycles. The molecule has 1 saturated heterocycles. The third kappa shape index (κ3) is 3.37. The molecule has 7 nitrogen and oxygen atoms in total. The first-order valence-electron chi connectivity index (χ1n) is 9.25. The molecule has 0 radical (unpaired) electrons. The highest BCUT2D eigenvalue weighted by Gasteiger charge is 2.37. The van der Waals surface area contributed by atoms with E-state index in [2.05, 4.69) is 21.2 Å². The zero-order valence-corrected chi connectivity index (χ0v) is 17.6. The average Bonchev–Trinajstić information content (AvgIpc) is 2.95. The Balaban J connectivity index is 1.94. The van der Waals surface area contributed by atoms with E-state index in [9.17, 15) is 14.4 Å². The van der Waals surface area contributed by atoms with Crippen LogP contribution in [0.1, 0.15) is 24.4 Å². The van der Waals surface area contributed by atoms with Gasteiger partial charge in [-0.05, 0) is 42.3 Å². The molecule has 1 fully saturated rings. The Bertz CT molecular complexity index is 1160. The molecule has 2 aromatic carbocycles. The van der Waals surface area contributed by atoms with Crippen LogP contribution in [0.25, 0.3) is 11.0 Å². The van der Waals surface area contributed by atoms with Gasteiger partial charge in [-0.15, -0.1) is 0 Å². The molecule has 8 heteroatoms. The first kappa shape index (κ1) is 19.4. The highest BCUT2D eigenvalue weighted by atomic mass is 79.9. The first-order chi connectivity index (χ1) is 13.9. The van der Waals surface area contributed by atoms with Gasteiger partial charge in [0.25, 0.3) is 0 Å². The van der Waals surface area contributed by atoms with Gasteiger partial charge in [0.1, 0.15) is 5.75 Å². The molecule has 2 unspecified atom stereocenters. The molecule has 1 N–H and O–H groups in total. The van der Waals surface area contributed by atoms with Crippen LogP contribution in [0.5, 0.6) is 5.75 Å². The number of methoxy groups -OCH3 is 1. The lowest BCUT2D eigenvalue weighted by molar-refractivity contribution is -0.137. The van der Waals surface area contributed by atoms with Crippen LogP contribution < -0.4 is 15.7 Å². The molecular weight excluding hydrogens is 438 g/mol. The molecule has 0 aliphatic carbocycles. The molecule has 4 rings (SSSR count). The predicted octanol–water partition coefficient (Wildman–Crippen LogP) is 2.75. The van der Waals surface area contributed by atoms with Crippen molar-refractivity contribution < 1.29 is 14.3 Å². The number of hydrogen-bond donors (Lipinski definition) is 1. The maximum absolute atomic E-state index is 13.2. The van der Waals surface area contributed by atoms with Gasteiger partial charge < -0.3 is 4.74 Å². The number of nitrogens with zero attached hydrogens (tertiary/aromatic N) is 2. The number of halogens is 1. The summed E-state index contributed by atoms with van der Waals surface area (Å²) in [4.78, 5) is 37.7. The molecule has 29 heavy (non-hydrogen) atoms. The molecule has 2 amide bonds. The minimum absolute atomic E-state index is 0.219. The lowest BCUT2D eigenvalue weighted by atomic mass is 9.86. The van der Waals surface area contributed by atoms with Crippen molar-refractivity contribution >= 4 is 38.8 Å². The summed E-state index contributed by atoms with van der Waals surface area (Å²) in [7, 11) is 3.29. The van der Waals surface area contributed by atoms with E-state index in [0.717, 1.165) is 21.1 Å². The Labute approximate surface area is 175 Å². The van der Waals surface area contributed by atoms with Crippen molar-refractivity contribution in [2.75, 3.05) is 7.11 Å². The number of imide groups is 1. The summed E-state index contributed by atoms with van der Waals surface area (Å²) < 4.78 is 9.33. The molecule has 0 bridgehead atoms. The smallest absolute Gasteiger partial charge is 0.329 e. The van der Waals surface area contributed by atoms with Gasteiger partial charge >= 0.3 is 5.69 Å². The van der Waals surface area contributed by atoms with Crippen molar-refractivity contribution in [2.24, 2.45) is 13.0 Å². The number of carbonyl (C=O) groups excluding carboxylic acids is 2. The van der Waals surface area contributed by atoms with Crippen LogP contribution in [0.4, 0.5) is 0 Å². The molecule has 1 aliphatic rings. The van der Waals surface area contributed by atoms with E-state index in [1.54, 1.807) is 35.4 Å². The molecule has 150 valence electrons. The lowest BCUT2D eigenvalue weighted by Crippen LogP contribution is -2.45. The number of nitrogens with one attached hydrogen (secondary N) is 1. The van der Waals surface area contributed by atoms with Gasteiger partial charge in [0.2, 0.25) is 11.8 Å². The number of amides is 2. The number of aryl methyl sites for hydroxylation is 1. The largest absolute Gasteiger partial charge is 0.497 e. The Morgan fingerprint density at radius 1 is 1.10 bits per heavy atom. The monoisotopic (exact) mass is 457 g/mol. The number of aromatic nitrogens is 2. The van der Waals surface area contributed by atoms with Crippen LogP contribution in [-0.2, 0) is 16.6 Å². The van der Waals surface area contributed by atoms with E-state index in [0.29, 0.717) is 12.2 Å². The minimum atomic E-state index is -0.550. The highest BCUT2D eigenvalue weighted by molar-refractivity contribution is 9.10. The van der Waals surface area contributed by atoms with Crippen LogP contribution in [-0.4, -0.2) is 28.1 Å². The molecule has 0 spiro atoms. The van der Waals surface area contributed by atoms with Crippen LogP contribution in [0, 0.1) is 5.92 Å². The van der Waals surface area contributed by atoms with Crippen molar-refractivity contribution in [2.45, 2.75) is 18.9 Å². The summed E-state index contributed by atoms with van der Waals surface area (Å²) in [5.74, 6) is -0.505. The normalized spacial score (nSPS) is 18.0. The van der Waals surface area contributed by atoms with Crippen molar-refractivity contribution in [3.8, 4) is 5.75 Å². The number of benzene rings is 2. The average molecular weight is 458 g/mol. The topological polar surface area (TPSA) is 82.3 Å². The second kappa shape index (κ2) is 7.51. The van der Waals surface area contributed by atoms with Gasteiger partial charge in [-0.1, -0.05) is 28.1 Å². The number of carbonyl (C=O) groups is 2. The molecule has 3 aromatic rings. The van der Waals surface area contributed by atoms with Crippen LogP contribution in [0.15, 0.2) is 51.7 Å². The number of imidazole rings is 1. The van der Waals surface area contributed by atoms with E-state index in [1.807, 2.05) is 30.3 Å². The van der Waals surface area contributed by atoms with Crippen molar-refractivity contribution in [3.05, 3.63) is 63.0 Å². The van der Waals surface area contributed by atoms with E-state index in [-0.39, 0.29) is 23.9 Å². The number of fused-ring (bicyclic) bond motifs is 1. The molecule has 1 aromatic heterocycles. The Hall–Kier alpha value is -2.87. The molecule has 2 heterocycles. The molecule has 0 saturated carbocycles. The second-order valence-corrected chi connectivity index (χ2v) is 8.04. The summed E-state index contributed by atoms with van der Waals surface area (Å²) >= 11 is 3.45. The van der Waals surface area contributed by atoms with Gasteiger partial charge in [-0.25, -0.2) is 4.79 Å². The summed E-state index contributed by atoms with van der Waals surface area (Å²) in [6.07, 6.45) is 0.620. The summed E-state index contributed by atoms with van der Waals surface area (Å²) in [5, 5.41) is 2.42. The zero-order chi connectivity index (χ0) is 20.7. The number of ether oxygens (including phenoxy) is 1. The third-order valence-corrected chi connectivity index (χ3v) is 5.94. The first-order valence-corrected chi connectivity index (χ1v) is 10.0. The fourth-order valence-electron chi connectivity index (χ4n) is 3.98. The van der Waals surface area contributed by atoms with Gasteiger partial charge in [-0.2, -0.15) is 0 Å². The summed E-state index contributed by atoms with van der Waals surface area (Å²) in [5.41, 5.74) is 2.07. The third-order valence-electron chi connectivity index (χ3n) is 5.45. The van der Waals surface area contributed by atoms with Gasteiger partial charge in [0, 0.05) is 17.9 Å². The molecule has 2 atom stereocenters. The highest BCUT2D eigenvalue weighted by Crippen LogP contribution is 2.34. The Morgan fingerprint density at radius 3 is 2.48 bits per heavy atom. The summed E-state index contributed by atoms with van der Waals surface area (Å²) in [6.45, 7) is 0. The van der Waals surface area contributed by atoms with E-state index >= 15 is 0 Å². The number of hydrogen-bond acceptors (Lipinski definition) is 4.